The summed E-state index contributed by atoms with van der Waals surface area (Å²) in [5, 5.41) is 3.40. The summed E-state index contributed by atoms with van der Waals surface area (Å²) in [6, 6.07) is 5.09. The number of hydrogen-bond acceptors (Lipinski definition) is 3. The zero-order chi connectivity index (χ0) is 15.4. The van der Waals surface area contributed by atoms with Crippen molar-refractivity contribution in [3.8, 4) is 0 Å². The van der Waals surface area contributed by atoms with Crippen molar-refractivity contribution >= 4 is 28.9 Å². The number of halogens is 1. The minimum atomic E-state index is -0.00994. The number of nitrogens with one attached hydrogen (secondary N) is 1. The second-order valence-electron chi connectivity index (χ2n) is 6.10. The summed E-state index contributed by atoms with van der Waals surface area (Å²) in [5.41, 5.74) is 6.95. The van der Waals surface area contributed by atoms with E-state index in [1.54, 1.807) is 18.2 Å². The molecule has 1 amide bonds. The Bertz CT molecular complexity index is 496. The molecule has 1 heterocycles. The van der Waals surface area contributed by atoms with E-state index in [1.807, 2.05) is 0 Å². The Morgan fingerprint density at radius 1 is 1.38 bits per heavy atom. The van der Waals surface area contributed by atoms with E-state index in [4.69, 9.17) is 17.3 Å². The number of likely N-dealkylation sites (tertiary alicyclic amines) is 1. The second-order valence-corrected chi connectivity index (χ2v) is 6.53. The van der Waals surface area contributed by atoms with Crippen molar-refractivity contribution in [1.82, 2.24) is 4.90 Å². The van der Waals surface area contributed by atoms with Gasteiger partial charge in [-0.25, -0.2) is 0 Å². The smallest absolute Gasteiger partial charge is 0.224 e. The molecule has 21 heavy (non-hydrogen) atoms. The predicted octanol–water partition coefficient (Wildman–Crippen LogP) is 3.23. The lowest BCUT2D eigenvalue weighted by Gasteiger charge is -2.15. The van der Waals surface area contributed by atoms with Gasteiger partial charge in [0, 0.05) is 24.5 Å². The lowest BCUT2D eigenvalue weighted by Crippen LogP contribution is -2.23. The molecule has 0 spiro atoms. The maximum atomic E-state index is 12.0. The van der Waals surface area contributed by atoms with E-state index in [0.717, 1.165) is 37.9 Å². The minimum absolute atomic E-state index is 0.00994. The maximum absolute atomic E-state index is 12.0. The van der Waals surface area contributed by atoms with Crippen LogP contribution in [0.25, 0.3) is 0 Å². The highest BCUT2D eigenvalue weighted by atomic mass is 35.5. The molecule has 2 unspecified atom stereocenters. The molecule has 0 aliphatic carbocycles. The average Bonchev–Trinajstić information content (AvgIpc) is 2.73. The number of anilines is 2. The van der Waals surface area contributed by atoms with Gasteiger partial charge in [0.15, 0.2) is 0 Å². The first-order chi connectivity index (χ1) is 9.95. The molecule has 0 aromatic heterocycles. The Balaban J connectivity index is 1.74. The third kappa shape index (κ3) is 4.61. The summed E-state index contributed by atoms with van der Waals surface area (Å²) in [6.07, 6.45) is 1.37. The third-order valence-corrected chi connectivity index (χ3v) is 4.47. The summed E-state index contributed by atoms with van der Waals surface area (Å²) in [4.78, 5) is 14.4. The lowest BCUT2D eigenvalue weighted by molar-refractivity contribution is -0.116. The number of hydrogen-bond donors (Lipinski definition) is 2. The fraction of sp³-hybridized carbons (Fsp3) is 0.562. The van der Waals surface area contributed by atoms with Crippen LogP contribution in [0.3, 0.4) is 0 Å². The standard InChI is InChI=1S/C16H24ClN3O/c1-11-9-20(10-12(11)2)7-3-4-16(21)19-15-8-13(17)5-6-14(15)18/h5-6,8,11-12H,3-4,7,9-10,18H2,1-2H3,(H,19,21). The van der Waals surface area contributed by atoms with Gasteiger partial charge in [-0.3, -0.25) is 4.79 Å². The van der Waals surface area contributed by atoms with E-state index in [2.05, 4.69) is 24.1 Å². The van der Waals surface area contributed by atoms with Crippen molar-refractivity contribution in [2.45, 2.75) is 26.7 Å². The number of amides is 1. The van der Waals surface area contributed by atoms with E-state index in [-0.39, 0.29) is 5.91 Å². The molecule has 0 bridgehead atoms. The topological polar surface area (TPSA) is 58.4 Å². The molecule has 5 heteroatoms. The number of benzene rings is 1. The zero-order valence-corrected chi connectivity index (χ0v) is 13.5. The van der Waals surface area contributed by atoms with Crippen LogP contribution in [0.5, 0.6) is 0 Å². The molecule has 116 valence electrons. The van der Waals surface area contributed by atoms with Crippen LogP contribution in [-0.2, 0) is 4.79 Å². The number of rotatable bonds is 5. The van der Waals surface area contributed by atoms with Crippen LogP contribution in [0.1, 0.15) is 26.7 Å². The maximum Gasteiger partial charge on any atom is 0.224 e. The number of carbonyl (C=O) groups excluding carboxylic acids is 1. The Labute approximate surface area is 131 Å². The van der Waals surface area contributed by atoms with Gasteiger partial charge in [-0.15, -0.1) is 0 Å². The normalized spacial score (nSPS) is 22.4. The highest BCUT2D eigenvalue weighted by Crippen LogP contribution is 2.24. The van der Waals surface area contributed by atoms with E-state index < -0.39 is 0 Å². The molecule has 1 saturated heterocycles. The molecule has 0 radical (unpaired) electrons. The van der Waals surface area contributed by atoms with Gasteiger partial charge in [0.2, 0.25) is 5.91 Å². The van der Waals surface area contributed by atoms with Crippen LogP contribution in [0.15, 0.2) is 18.2 Å². The van der Waals surface area contributed by atoms with Crippen molar-refractivity contribution in [2.24, 2.45) is 11.8 Å². The quantitative estimate of drug-likeness (QED) is 0.821. The van der Waals surface area contributed by atoms with Crippen molar-refractivity contribution in [3.63, 3.8) is 0 Å². The van der Waals surface area contributed by atoms with Gasteiger partial charge >= 0.3 is 0 Å². The van der Waals surface area contributed by atoms with E-state index in [0.29, 0.717) is 22.8 Å². The Morgan fingerprint density at radius 3 is 2.71 bits per heavy atom. The predicted molar refractivity (Wildman–Crippen MR) is 88.5 cm³/mol. The molecule has 1 aromatic carbocycles. The number of nitrogens with two attached hydrogens (primary N) is 1. The molecule has 4 nitrogen and oxygen atoms in total. The molecular weight excluding hydrogens is 286 g/mol. The molecule has 3 N–H and O–H groups in total. The van der Waals surface area contributed by atoms with E-state index >= 15 is 0 Å². The van der Waals surface area contributed by atoms with Crippen LogP contribution in [0, 0.1) is 11.8 Å². The largest absolute Gasteiger partial charge is 0.397 e. The third-order valence-electron chi connectivity index (χ3n) is 4.23. The fourth-order valence-corrected chi connectivity index (χ4v) is 2.92. The second kappa shape index (κ2) is 7.14. The SMILES string of the molecule is CC1CN(CCCC(=O)Nc2cc(Cl)ccc2N)CC1C. The highest BCUT2D eigenvalue weighted by Gasteiger charge is 2.25. The van der Waals surface area contributed by atoms with Gasteiger partial charge < -0.3 is 16.0 Å². The van der Waals surface area contributed by atoms with Gasteiger partial charge in [0.1, 0.15) is 0 Å². The van der Waals surface area contributed by atoms with Gasteiger partial charge in [-0.1, -0.05) is 25.4 Å². The summed E-state index contributed by atoms with van der Waals surface area (Å²) in [5.74, 6) is 1.50. The molecule has 1 aliphatic heterocycles. The van der Waals surface area contributed by atoms with Gasteiger partial charge in [-0.2, -0.15) is 0 Å². The van der Waals surface area contributed by atoms with Crippen LogP contribution in [-0.4, -0.2) is 30.4 Å². The highest BCUT2D eigenvalue weighted by molar-refractivity contribution is 6.31. The zero-order valence-electron chi connectivity index (χ0n) is 12.7. The Kier molecular flexibility index (Phi) is 5.48. The van der Waals surface area contributed by atoms with Crippen molar-refractivity contribution < 1.29 is 4.79 Å². The number of nitrogens with zero attached hydrogens (tertiary/aromatic N) is 1. The summed E-state index contributed by atoms with van der Waals surface area (Å²) in [7, 11) is 0. The van der Waals surface area contributed by atoms with Crippen LogP contribution in [0.2, 0.25) is 5.02 Å². The first-order valence-corrected chi connectivity index (χ1v) is 7.90. The lowest BCUT2D eigenvalue weighted by atomic mass is 10.0. The Morgan fingerprint density at radius 2 is 2.05 bits per heavy atom. The van der Waals surface area contributed by atoms with Crippen molar-refractivity contribution in [2.75, 3.05) is 30.7 Å². The molecule has 1 fully saturated rings. The van der Waals surface area contributed by atoms with Crippen LogP contribution >= 0.6 is 11.6 Å². The molecule has 1 aliphatic rings. The van der Waals surface area contributed by atoms with Gasteiger partial charge in [0.05, 0.1) is 11.4 Å². The first kappa shape index (κ1) is 16.1. The molecule has 2 rings (SSSR count). The van der Waals surface area contributed by atoms with E-state index in [9.17, 15) is 4.79 Å². The summed E-state index contributed by atoms with van der Waals surface area (Å²) < 4.78 is 0. The molecule has 0 saturated carbocycles. The van der Waals surface area contributed by atoms with Gasteiger partial charge in [0.25, 0.3) is 0 Å². The Hall–Kier alpha value is -1.26. The van der Waals surface area contributed by atoms with Crippen LogP contribution < -0.4 is 11.1 Å². The average molecular weight is 310 g/mol. The molecular formula is C16H24ClN3O. The molecule has 1 aromatic rings. The molecule has 2 atom stereocenters. The first-order valence-electron chi connectivity index (χ1n) is 7.53. The monoisotopic (exact) mass is 309 g/mol. The van der Waals surface area contributed by atoms with Crippen molar-refractivity contribution in [3.05, 3.63) is 23.2 Å². The summed E-state index contributed by atoms with van der Waals surface area (Å²) >= 11 is 5.90. The van der Waals surface area contributed by atoms with Crippen LogP contribution in [0.4, 0.5) is 11.4 Å². The van der Waals surface area contributed by atoms with E-state index in [1.165, 1.54) is 0 Å². The number of carbonyl (C=O) groups is 1. The van der Waals surface area contributed by atoms with Crippen molar-refractivity contribution in [1.29, 1.82) is 0 Å². The summed E-state index contributed by atoms with van der Waals surface area (Å²) in [6.45, 7) is 7.85. The number of nitrogen functional groups attached to an aromatic ring is 1. The fourth-order valence-electron chi connectivity index (χ4n) is 2.74. The van der Waals surface area contributed by atoms with Gasteiger partial charge in [-0.05, 0) is 43.0 Å². The minimum Gasteiger partial charge on any atom is -0.397 e.